The minimum absolute atomic E-state index is 0.0170. The summed E-state index contributed by atoms with van der Waals surface area (Å²) >= 11 is 0. The van der Waals surface area contributed by atoms with Crippen LogP contribution in [-0.2, 0) is 6.54 Å². The van der Waals surface area contributed by atoms with Crippen molar-refractivity contribution in [3.8, 4) is 5.75 Å². The van der Waals surface area contributed by atoms with Crippen LogP contribution >= 0.6 is 0 Å². The van der Waals surface area contributed by atoms with Gasteiger partial charge in [0.15, 0.2) is 0 Å². The number of imidazole rings is 1. The van der Waals surface area contributed by atoms with Gasteiger partial charge in [-0.25, -0.2) is 4.98 Å². The van der Waals surface area contributed by atoms with Gasteiger partial charge in [-0.1, -0.05) is 6.42 Å². The topological polar surface area (TPSA) is 143 Å². The molecule has 31 heavy (non-hydrogen) atoms. The van der Waals surface area contributed by atoms with E-state index >= 15 is 0 Å². The second-order valence-electron chi connectivity index (χ2n) is 7.70. The van der Waals surface area contributed by atoms with Crippen LogP contribution in [0.5, 0.6) is 5.75 Å². The summed E-state index contributed by atoms with van der Waals surface area (Å²) in [7, 11) is 0. The van der Waals surface area contributed by atoms with Crippen LogP contribution in [-0.4, -0.2) is 44.3 Å². The maximum Gasteiger partial charge on any atom is 0.276 e. The van der Waals surface area contributed by atoms with Gasteiger partial charge >= 0.3 is 0 Å². The normalized spacial score (nSPS) is 15.1. The van der Waals surface area contributed by atoms with Crippen molar-refractivity contribution in [1.82, 2.24) is 19.3 Å². The molecule has 5 N–H and O–H groups in total. The van der Waals surface area contributed by atoms with Crippen LogP contribution in [0, 0.1) is 6.92 Å². The van der Waals surface area contributed by atoms with Crippen molar-refractivity contribution in [3.05, 3.63) is 35.2 Å². The van der Waals surface area contributed by atoms with E-state index in [0.717, 1.165) is 30.5 Å². The zero-order valence-corrected chi connectivity index (χ0v) is 17.7. The fourth-order valence-electron chi connectivity index (χ4n) is 4.02. The van der Waals surface area contributed by atoms with Gasteiger partial charge in [-0.3, -0.25) is 19.6 Å². The number of benzene rings is 1. The summed E-state index contributed by atoms with van der Waals surface area (Å²) in [6, 6.07) is 4.98. The molecular formula is C21H27N7O3. The van der Waals surface area contributed by atoms with Crippen LogP contribution < -0.4 is 21.5 Å². The van der Waals surface area contributed by atoms with E-state index in [1.165, 1.54) is 0 Å². The lowest BCUT2D eigenvalue weighted by atomic mass is 10.1. The van der Waals surface area contributed by atoms with E-state index in [9.17, 15) is 9.59 Å². The van der Waals surface area contributed by atoms with Crippen molar-refractivity contribution >= 4 is 28.8 Å². The molecule has 2 aromatic heterocycles. The van der Waals surface area contributed by atoms with Gasteiger partial charge in [0.2, 0.25) is 11.9 Å². The van der Waals surface area contributed by atoms with Crippen LogP contribution in [0.4, 0.5) is 5.95 Å². The van der Waals surface area contributed by atoms with E-state index in [2.05, 4.69) is 15.4 Å². The quantitative estimate of drug-likeness (QED) is 0.471. The van der Waals surface area contributed by atoms with E-state index in [-0.39, 0.29) is 11.9 Å². The molecule has 0 bridgehead atoms. The Bertz CT molecular complexity index is 1150. The number of aryl methyl sites for hydroxylation is 2. The van der Waals surface area contributed by atoms with Gasteiger partial charge in [-0.05, 0) is 51.4 Å². The standard InChI is InChI=1S/C21H27N7O3/c1-3-27-16(8-12(2)26-27)20(30)25-21-24-15-9-13(19(23)29)10-17-18(15)28(21)14(11-31-17)6-4-5-7-22/h8-10,14H,3-7,11,22H2,1-2H3,(H2,23,29)(H,24,25,30)/t14-/m0/s1. The lowest BCUT2D eigenvalue weighted by molar-refractivity contribution is 0.0995. The van der Waals surface area contributed by atoms with Crippen molar-refractivity contribution in [3.63, 3.8) is 0 Å². The van der Waals surface area contributed by atoms with E-state index in [4.69, 9.17) is 16.2 Å². The smallest absolute Gasteiger partial charge is 0.276 e. The molecule has 3 aromatic rings. The molecule has 0 spiro atoms. The number of aromatic nitrogens is 4. The predicted molar refractivity (Wildman–Crippen MR) is 116 cm³/mol. The third-order valence-electron chi connectivity index (χ3n) is 5.48. The highest BCUT2D eigenvalue weighted by Gasteiger charge is 2.29. The first-order valence-corrected chi connectivity index (χ1v) is 10.5. The van der Waals surface area contributed by atoms with Gasteiger partial charge in [0.25, 0.3) is 5.91 Å². The Hall–Kier alpha value is -3.40. The van der Waals surface area contributed by atoms with Gasteiger partial charge in [-0.15, -0.1) is 0 Å². The van der Waals surface area contributed by atoms with Crippen molar-refractivity contribution in [2.75, 3.05) is 18.5 Å². The molecular weight excluding hydrogens is 398 g/mol. The first-order valence-electron chi connectivity index (χ1n) is 10.5. The lowest BCUT2D eigenvalue weighted by Crippen LogP contribution is -2.26. The van der Waals surface area contributed by atoms with Crippen molar-refractivity contribution in [2.45, 2.75) is 45.7 Å². The Balaban J connectivity index is 1.77. The fourth-order valence-corrected chi connectivity index (χ4v) is 4.02. The number of rotatable bonds is 8. The van der Waals surface area contributed by atoms with Crippen LogP contribution in [0.1, 0.15) is 58.8 Å². The van der Waals surface area contributed by atoms with Gasteiger partial charge in [0.05, 0.1) is 17.3 Å². The molecule has 1 aromatic carbocycles. The number of carbonyl (C=O) groups is 2. The predicted octanol–water partition coefficient (Wildman–Crippen LogP) is 1.97. The number of unbranched alkanes of at least 4 members (excludes halogenated alkanes) is 1. The van der Waals surface area contributed by atoms with Crippen molar-refractivity contribution in [2.24, 2.45) is 11.5 Å². The number of ether oxygens (including phenoxy) is 1. The number of anilines is 1. The van der Waals surface area contributed by atoms with Crippen molar-refractivity contribution in [1.29, 1.82) is 0 Å². The fraction of sp³-hybridized carbons (Fsp3) is 0.429. The number of nitrogens with zero attached hydrogens (tertiary/aromatic N) is 4. The largest absolute Gasteiger partial charge is 0.489 e. The van der Waals surface area contributed by atoms with Gasteiger partial charge < -0.3 is 20.8 Å². The molecule has 164 valence electrons. The highest BCUT2D eigenvalue weighted by Crippen LogP contribution is 2.38. The minimum Gasteiger partial charge on any atom is -0.489 e. The summed E-state index contributed by atoms with van der Waals surface area (Å²) in [5, 5.41) is 7.28. The molecule has 3 heterocycles. The van der Waals surface area contributed by atoms with E-state index in [0.29, 0.717) is 48.2 Å². The molecule has 4 rings (SSSR count). The zero-order chi connectivity index (χ0) is 22.1. The number of nitrogens with two attached hydrogens (primary N) is 2. The average molecular weight is 425 g/mol. The number of primary amides is 1. The summed E-state index contributed by atoms with van der Waals surface area (Å²) < 4.78 is 9.59. The zero-order valence-electron chi connectivity index (χ0n) is 17.7. The molecule has 10 nitrogen and oxygen atoms in total. The van der Waals surface area contributed by atoms with Crippen LogP contribution in [0.25, 0.3) is 11.0 Å². The van der Waals surface area contributed by atoms with Crippen LogP contribution in [0.3, 0.4) is 0 Å². The molecule has 0 aliphatic carbocycles. The van der Waals surface area contributed by atoms with Gasteiger partial charge in [0, 0.05) is 12.1 Å². The molecule has 0 unspecified atom stereocenters. The second-order valence-corrected chi connectivity index (χ2v) is 7.70. The monoisotopic (exact) mass is 425 g/mol. The molecule has 1 atom stereocenters. The Morgan fingerprint density at radius 1 is 1.29 bits per heavy atom. The molecule has 2 amide bonds. The summed E-state index contributed by atoms with van der Waals surface area (Å²) in [6.45, 7) is 5.38. The number of hydrogen-bond acceptors (Lipinski definition) is 6. The molecule has 10 heteroatoms. The van der Waals surface area contributed by atoms with Gasteiger partial charge in [0.1, 0.15) is 23.6 Å². The van der Waals surface area contributed by atoms with Crippen LogP contribution in [0.15, 0.2) is 18.2 Å². The SMILES string of the molecule is CCn1nc(C)cc1C(=O)Nc1nc2cc(C(N)=O)cc3c2n1[C@@H](CCCCN)CO3. The molecule has 0 saturated carbocycles. The summed E-state index contributed by atoms with van der Waals surface area (Å²) in [6.07, 6.45) is 2.65. The highest BCUT2D eigenvalue weighted by molar-refractivity contribution is 6.04. The molecule has 0 saturated heterocycles. The van der Waals surface area contributed by atoms with E-state index < -0.39 is 5.91 Å². The average Bonchev–Trinajstić information content (AvgIpc) is 3.30. The van der Waals surface area contributed by atoms with Crippen LogP contribution in [0.2, 0.25) is 0 Å². The summed E-state index contributed by atoms with van der Waals surface area (Å²) in [4.78, 5) is 29.4. The Labute approximate surface area is 179 Å². The molecule has 1 aliphatic rings. The van der Waals surface area contributed by atoms with Gasteiger partial charge in [-0.2, -0.15) is 5.10 Å². The molecule has 0 fully saturated rings. The third-order valence-corrected chi connectivity index (χ3v) is 5.48. The number of hydrogen-bond donors (Lipinski definition) is 3. The molecule has 1 aliphatic heterocycles. The first-order chi connectivity index (χ1) is 14.9. The summed E-state index contributed by atoms with van der Waals surface area (Å²) in [5.74, 6) is 0.0846. The number of carbonyl (C=O) groups excluding carboxylic acids is 2. The Kier molecular flexibility index (Phi) is 5.64. The third kappa shape index (κ3) is 3.86. The Morgan fingerprint density at radius 3 is 2.81 bits per heavy atom. The summed E-state index contributed by atoms with van der Waals surface area (Å²) in [5.41, 5.74) is 14.0. The second kappa shape index (κ2) is 8.38. The molecule has 0 radical (unpaired) electrons. The van der Waals surface area contributed by atoms with E-state index in [1.807, 2.05) is 18.4 Å². The number of amides is 2. The number of nitrogens with one attached hydrogen (secondary N) is 1. The van der Waals surface area contributed by atoms with E-state index in [1.54, 1.807) is 22.9 Å². The highest BCUT2D eigenvalue weighted by atomic mass is 16.5. The minimum atomic E-state index is -0.561. The first kappa shape index (κ1) is 20.9. The maximum atomic E-state index is 13.1. The van der Waals surface area contributed by atoms with Crippen molar-refractivity contribution < 1.29 is 14.3 Å². The lowest BCUT2D eigenvalue weighted by Gasteiger charge is -2.27. The maximum absolute atomic E-state index is 13.1. The Morgan fingerprint density at radius 2 is 2.10 bits per heavy atom.